The highest BCUT2D eigenvalue weighted by Gasteiger charge is 2.44. The fourth-order valence-corrected chi connectivity index (χ4v) is 2.92. The van der Waals surface area contributed by atoms with Gasteiger partial charge in [0.05, 0.1) is 6.10 Å². The zero-order chi connectivity index (χ0) is 11.7. The van der Waals surface area contributed by atoms with Gasteiger partial charge in [0.25, 0.3) is 5.91 Å². The van der Waals surface area contributed by atoms with Crippen molar-refractivity contribution in [2.24, 2.45) is 17.6 Å². The van der Waals surface area contributed by atoms with Crippen molar-refractivity contribution in [1.82, 2.24) is 4.90 Å². The van der Waals surface area contributed by atoms with Crippen LogP contribution in [0.2, 0.25) is 0 Å². The van der Waals surface area contributed by atoms with Crippen LogP contribution in [0.1, 0.15) is 12.8 Å². The molecule has 1 heterocycles. The van der Waals surface area contributed by atoms with Crippen molar-refractivity contribution < 1.29 is 14.6 Å². The first kappa shape index (κ1) is 11.8. The predicted molar refractivity (Wildman–Crippen MR) is 58.7 cm³/mol. The number of amides is 1. The van der Waals surface area contributed by atoms with Crippen LogP contribution in [0.5, 0.6) is 0 Å². The predicted octanol–water partition coefficient (Wildman–Crippen LogP) is -0.811. The summed E-state index contributed by atoms with van der Waals surface area (Å²) >= 11 is 0. The number of nitrogens with zero attached hydrogens (tertiary/aromatic N) is 1. The Kier molecular flexibility index (Phi) is 3.47. The number of hydrogen-bond acceptors (Lipinski definition) is 4. The second-order valence-electron chi connectivity index (χ2n) is 4.77. The van der Waals surface area contributed by atoms with Crippen LogP contribution in [0.25, 0.3) is 0 Å². The van der Waals surface area contributed by atoms with Gasteiger partial charge in [0, 0.05) is 32.7 Å². The number of carbonyl (C=O) groups is 1. The highest BCUT2D eigenvalue weighted by molar-refractivity contribution is 5.81. The highest BCUT2D eigenvalue weighted by atomic mass is 16.5. The number of ether oxygens (including phenoxy) is 1. The van der Waals surface area contributed by atoms with Gasteiger partial charge in [-0.05, 0) is 18.8 Å². The molecule has 2 fully saturated rings. The van der Waals surface area contributed by atoms with Crippen LogP contribution >= 0.6 is 0 Å². The number of aliphatic hydroxyl groups is 1. The molecule has 1 aliphatic heterocycles. The summed E-state index contributed by atoms with van der Waals surface area (Å²) in [5.74, 6) is 0.695. The summed E-state index contributed by atoms with van der Waals surface area (Å²) in [6.07, 6.45) is 1.13. The Labute approximate surface area is 95.5 Å². The molecule has 1 amide bonds. The number of aliphatic hydroxyl groups excluding tert-OH is 1. The normalized spacial score (nSPS) is 35.2. The van der Waals surface area contributed by atoms with Gasteiger partial charge in [-0.3, -0.25) is 4.79 Å². The first-order valence-electron chi connectivity index (χ1n) is 5.87. The van der Waals surface area contributed by atoms with Gasteiger partial charge in [0.2, 0.25) is 0 Å². The summed E-state index contributed by atoms with van der Waals surface area (Å²) in [5.41, 5.74) is 5.47. The van der Waals surface area contributed by atoms with Crippen molar-refractivity contribution in [3.63, 3.8) is 0 Å². The zero-order valence-electron chi connectivity index (χ0n) is 9.63. The van der Waals surface area contributed by atoms with Gasteiger partial charge in [-0.25, -0.2) is 0 Å². The third kappa shape index (κ3) is 1.95. The number of fused-ring (bicyclic) bond motifs is 1. The Morgan fingerprint density at radius 1 is 1.56 bits per heavy atom. The van der Waals surface area contributed by atoms with Crippen LogP contribution in [-0.2, 0) is 9.53 Å². The second-order valence-corrected chi connectivity index (χ2v) is 4.77. The van der Waals surface area contributed by atoms with Crippen molar-refractivity contribution in [2.45, 2.75) is 25.0 Å². The lowest BCUT2D eigenvalue weighted by Crippen LogP contribution is -2.43. The van der Waals surface area contributed by atoms with E-state index in [0.717, 1.165) is 19.4 Å². The number of likely N-dealkylation sites (tertiary alicyclic amines) is 1. The van der Waals surface area contributed by atoms with Crippen molar-refractivity contribution in [2.75, 3.05) is 26.7 Å². The molecule has 1 saturated heterocycles. The standard InChI is InChI=1S/C11H20N2O3/c1-16-10(4-12)11(15)13-5-7-2-3-9(14)8(7)6-13/h7-10,14H,2-6,12H2,1H3. The quantitative estimate of drug-likeness (QED) is 0.662. The number of rotatable bonds is 3. The van der Waals surface area contributed by atoms with Gasteiger partial charge in [0.15, 0.2) is 0 Å². The summed E-state index contributed by atoms with van der Waals surface area (Å²) in [5, 5.41) is 9.76. The molecule has 5 heteroatoms. The van der Waals surface area contributed by atoms with Crippen LogP contribution in [0.3, 0.4) is 0 Å². The molecule has 0 bridgehead atoms. The molecule has 3 N–H and O–H groups in total. The molecule has 5 nitrogen and oxygen atoms in total. The maximum atomic E-state index is 12.0. The lowest BCUT2D eigenvalue weighted by atomic mass is 10.00. The minimum Gasteiger partial charge on any atom is -0.393 e. The number of nitrogens with two attached hydrogens (primary N) is 1. The number of hydrogen-bond donors (Lipinski definition) is 2. The third-order valence-electron chi connectivity index (χ3n) is 3.90. The topological polar surface area (TPSA) is 75.8 Å². The third-order valence-corrected chi connectivity index (χ3v) is 3.90. The summed E-state index contributed by atoms with van der Waals surface area (Å²) in [4.78, 5) is 13.8. The Bertz CT molecular complexity index is 268. The molecule has 0 radical (unpaired) electrons. The molecular weight excluding hydrogens is 208 g/mol. The molecule has 92 valence electrons. The van der Waals surface area contributed by atoms with Crippen LogP contribution in [-0.4, -0.2) is 54.9 Å². The summed E-state index contributed by atoms with van der Waals surface area (Å²) < 4.78 is 5.04. The summed E-state index contributed by atoms with van der Waals surface area (Å²) in [6, 6.07) is 0. The van der Waals surface area contributed by atoms with Crippen LogP contribution in [0.4, 0.5) is 0 Å². The van der Waals surface area contributed by atoms with Crippen LogP contribution in [0.15, 0.2) is 0 Å². The van der Waals surface area contributed by atoms with Gasteiger partial charge < -0.3 is 20.5 Å². The Balaban J connectivity index is 1.96. The van der Waals surface area contributed by atoms with Crippen LogP contribution in [0, 0.1) is 11.8 Å². The van der Waals surface area contributed by atoms with E-state index in [1.807, 2.05) is 0 Å². The SMILES string of the molecule is COC(CN)C(=O)N1CC2CCC(O)C2C1. The van der Waals surface area contributed by atoms with Crippen molar-refractivity contribution >= 4 is 5.91 Å². The van der Waals surface area contributed by atoms with Gasteiger partial charge in [-0.2, -0.15) is 0 Å². The van der Waals surface area contributed by atoms with E-state index in [1.54, 1.807) is 4.90 Å². The molecule has 4 atom stereocenters. The molecule has 0 aromatic heterocycles. The number of carbonyl (C=O) groups excluding carboxylic acids is 1. The molecule has 4 unspecified atom stereocenters. The van der Waals surface area contributed by atoms with Crippen molar-refractivity contribution in [3.05, 3.63) is 0 Å². The molecule has 0 spiro atoms. The molecular formula is C11H20N2O3. The molecule has 2 rings (SSSR count). The Hall–Kier alpha value is -0.650. The molecule has 0 aromatic carbocycles. The molecule has 16 heavy (non-hydrogen) atoms. The first-order chi connectivity index (χ1) is 7.67. The fourth-order valence-electron chi connectivity index (χ4n) is 2.92. The second kappa shape index (κ2) is 4.69. The van der Waals surface area contributed by atoms with E-state index < -0.39 is 6.10 Å². The maximum Gasteiger partial charge on any atom is 0.253 e. The zero-order valence-corrected chi connectivity index (χ0v) is 9.63. The lowest BCUT2D eigenvalue weighted by Gasteiger charge is -2.22. The smallest absolute Gasteiger partial charge is 0.253 e. The van der Waals surface area contributed by atoms with E-state index in [4.69, 9.17) is 10.5 Å². The van der Waals surface area contributed by atoms with E-state index in [-0.39, 0.29) is 24.5 Å². The fraction of sp³-hybridized carbons (Fsp3) is 0.909. The maximum absolute atomic E-state index is 12.0. The van der Waals surface area contributed by atoms with Gasteiger partial charge in [-0.1, -0.05) is 0 Å². The first-order valence-corrected chi connectivity index (χ1v) is 5.87. The summed E-state index contributed by atoms with van der Waals surface area (Å²) in [6.45, 7) is 1.62. The Morgan fingerprint density at radius 2 is 2.31 bits per heavy atom. The molecule has 1 aliphatic carbocycles. The highest BCUT2D eigenvalue weighted by Crippen LogP contribution is 2.38. The minimum atomic E-state index is -0.532. The van der Waals surface area contributed by atoms with E-state index in [9.17, 15) is 9.90 Å². The Morgan fingerprint density at radius 3 is 2.88 bits per heavy atom. The molecule has 2 aliphatic rings. The van der Waals surface area contributed by atoms with Crippen molar-refractivity contribution in [3.8, 4) is 0 Å². The van der Waals surface area contributed by atoms with E-state index >= 15 is 0 Å². The van der Waals surface area contributed by atoms with E-state index in [2.05, 4.69) is 0 Å². The number of methoxy groups -OCH3 is 1. The van der Waals surface area contributed by atoms with Gasteiger partial charge in [0.1, 0.15) is 6.10 Å². The van der Waals surface area contributed by atoms with E-state index in [0.29, 0.717) is 12.5 Å². The molecule has 0 aromatic rings. The van der Waals surface area contributed by atoms with Crippen LogP contribution < -0.4 is 5.73 Å². The molecule has 1 saturated carbocycles. The monoisotopic (exact) mass is 228 g/mol. The minimum absolute atomic E-state index is 0.0356. The largest absolute Gasteiger partial charge is 0.393 e. The van der Waals surface area contributed by atoms with Gasteiger partial charge >= 0.3 is 0 Å². The lowest BCUT2D eigenvalue weighted by molar-refractivity contribution is -0.140. The van der Waals surface area contributed by atoms with Gasteiger partial charge in [-0.15, -0.1) is 0 Å². The van der Waals surface area contributed by atoms with E-state index in [1.165, 1.54) is 7.11 Å². The van der Waals surface area contributed by atoms with Crippen molar-refractivity contribution in [1.29, 1.82) is 0 Å². The summed E-state index contributed by atoms with van der Waals surface area (Å²) in [7, 11) is 1.50. The average molecular weight is 228 g/mol. The average Bonchev–Trinajstić information content (AvgIpc) is 2.83.